The summed E-state index contributed by atoms with van der Waals surface area (Å²) in [5.74, 6) is 2.02. The number of rotatable bonds is 5. The smallest absolute Gasteiger partial charge is 0.152 e. The monoisotopic (exact) mass is 264 g/mol. The lowest BCUT2D eigenvalue weighted by molar-refractivity contribution is -0.120. The second-order valence-electron chi connectivity index (χ2n) is 5.44. The van der Waals surface area contributed by atoms with Gasteiger partial charge in [0.25, 0.3) is 0 Å². The molecule has 0 unspecified atom stereocenters. The van der Waals surface area contributed by atoms with Gasteiger partial charge < -0.3 is 4.57 Å². The molecule has 0 aliphatic heterocycles. The zero-order valence-electron chi connectivity index (χ0n) is 12.6. The molecule has 108 valence electrons. The van der Waals surface area contributed by atoms with Crippen LogP contribution in [0.4, 0.5) is 0 Å². The van der Waals surface area contributed by atoms with Gasteiger partial charge in [0.2, 0.25) is 0 Å². The van der Waals surface area contributed by atoms with Crippen LogP contribution in [-0.2, 0) is 11.3 Å². The summed E-state index contributed by atoms with van der Waals surface area (Å²) >= 11 is 0. The first-order valence-corrected chi connectivity index (χ1v) is 7.71. The van der Waals surface area contributed by atoms with Crippen molar-refractivity contribution in [2.45, 2.75) is 65.8 Å². The molecule has 1 aliphatic carbocycles. The zero-order valence-corrected chi connectivity index (χ0v) is 12.6. The maximum atomic E-state index is 11.8. The number of hydrogen-bond donors (Lipinski definition) is 0. The van der Waals surface area contributed by atoms with Crippen LogP contribution < -0.4 is 0 Å². The summed E-state index contributed by atoms with van der Waals surface area (Å²) in [5, 5.41) is 0. The average molecular weight is 264 g/mol. The standard InChI is InChI=1S/C14H22N2O.C2H6/c1-12-2-4-13(5-3-12)6-7-14(17)10-16-9-8-15-11-16;1-2/h8-9,11-13H,2-7,10H2,1H3;1-2H3. The zero-order chi connectivity index (χ0) is 14.1. The predicted octanol–water partition coefficient (Wildman–Crippen LogP) is 4.08. The number of Topliss-reactive ketones (excluding diaryl/α,β-unsaturated/α-hetero) is 1. The minimum Gasteiger partial charge on any atom is -0.330 e. The lowest BCUT2D eigenvalue weighted by atomic mass is 9.80. The van der Waals surface area contributed by atoms with Gasteiger partial charge in [0.15, 0.2) is 5.78 Å². The van der Waals surface area contributed by atoms with E-state index in [1.54, 1.807) is 12.5 Å². The summed E-state index contributed by atoms with van der Waals surface area (Å²) in [4.78, 5) is 15.7. The third-order valence-corrected chi connectivity index (χ3v) is 3.88. The van der Waals surface area contributed by atoms with Crippen LogP contribution in [0.5, 0.6) is 0 Å². The van der Waals surface area contributed by atoms with Gasteiger partial charge in [-0.2, -0.15) is 0 Å². The Kier molecular flexibility index (Phi) is 7.46. The van der Waals surface area contributed by atoms with E-state index in [-0.39, 0.29) is 0 Å². The molecule has 0 aromatic carbocycles. The van der Waals surface area contributed by atoms with E-state index in [0.717, 1.165) is 24.7 Å². The van der Waals surface area contributed by atoms with Gasteiger partial charge in [-0.25, -0.2) is 4.98 Å². The summed E-state index contributed by atoms with van der Waals surface area (Å²) in [6.07, 6.45) is 12.4. The molecule has 1 aromatic rings. The van der Waals surface area contributed by atoms with Crippen LogP contribution in [0.2, 0.25) is 0 Å². The molecule has 1 aliphatic rings. The van der Waals surface area contributed by atoms with Crippen molar-refractivity contribution in [2.24, 2.45) is 11.8 Å². The van der Waals surface area contributed by atoms with Crippen molar-refractivity contribution in [3.05, 3.63) is 18.7 Å². The van der Waals surface area contributed by atoms with Gasteiger partial charge in [-0.05, 0) is 18.3 Å². The van der Waals surface area contributed by atoms with Crippen molar-refractivity contribution in [3.8, 4) is 0 Å². The Labute approximate surface area is 117 Å². The maximum Gasteiger partial charge on any atom is 0.152 e. The largest absolute Gasteiger partial charge is 0.330 e. The summed E-state index contributed by atoms with van der Waals surface area (Å²) in [6, 6.07) is 0. The molecule has 0 bridgehead atoms. The quantitative estimate of drug-likeness (QED) is 0.803. The SMILES string of the molecule is CC.CC1CCC(CCC(=O)Cn2ccnc2)CC1. The number of aromatic nitrogens is 2. The number of imidazole rings is 1. The van der Waals surface area contributed by atoms with Crippen molar-refractivity contribution in [3.63, 3.8) is 0 Å². The summed E-state index contributed by atoms with van der Waals surface area (Å²) in [6.45, 7) is 6.82. The molecule has 1 aromatic heterocycles. The maximum absolute atomic E-state index is 11.8. The fourth-order valence-electron chi connectivity index (χ4n) is 2.65. The lowest BCUT2D eigenvalue weighted by Crippen LogP contribution is -2.15. The van der Waals surface area contributed by atoms with Gasteiger partial charge in [-0.1, -0.05) is 46.5 Å². The highest BCUT2D eigenvalue weighted by Gasteiger charge is 2.18. The van der Waals surface area contributed by atoms with E-state index in [4.69, 9.17) is 0 Å². The second kappa shape index (κ2) is 8.89. The first-order chi connectivity index (χ1) is 9.24. The van der Waals surface area contributed by atoms with Crippen LogP contribution in [0, 0.1) is 11.8 Å². The molecule has 0 amide bonds. The molecule has 0 radical (unpaired) electrons. The highest BCUT2D eigenvalue weighted by Crippen LogP contribution is 2.31. The number of hydrogen-bond acceptors (Lipinski definition) is 2. The van der Waals surface area contributed by atoms with Crippen molar-refractivity contribution >= 4 is 5.78 Å². The van der Waals surface area contributed by atoms with Gasteiger partial charge in [-0.3, -0.25) is 4.79 Å². The molecule has 1 saturated carbocycles. The molecule has 0 atom stereocenters. The third kappa shape index (κ3) is 6.04. The van der Waals surface area contributed by atoms with Crippen molar-refractivity contribution in [1.82, 2.24) is 9.55 Å². The Morgan fingerprint density at radius 3 is 2.53 bits per heavy atom. The van der Waals surface area contributed by atoms with Gasteiger partial charge in [0, 0.05) is 18.8 Å². The Morgan fingerprint density at radius 1 is 1.26 bits per heavy atom. The van der Waals surface area contributed by atoms with Gasteiger partial charge >= 0.3 is 0 Å². The van der Waals surface area contributed by atoms with Gasteiger partial charge in [-0.15, -0.1) is 0 Å². The van der Waals surface area contributed by atoms with Crippen LogP contribution in [0.3, 0.4) is 0 Å². The highest BCUT2D eigenvalue weighted by molar-refractivity contribution is 5.78. The predicted molar refractivity (Wildman–Crippen MR) is 78.9 cm³/mol. The normalized spacial score (nSPS) is 22.5. The van der Waals surface area contributed by atoms with E-state index in [1.165, 1.54) is 25.7 Å². The minimum absolute atomic E-state index is 0.335. The van der Waals surface area contributed by atoms with Gasteiger partial charge in [0.1, 0.15) is 0 Å². The van der Waals surface area contributed by atoms with Crippen LogP contribution >= 0.6 is 0 Å². The molecular weight excluding hydrogens is 236 g/mol. The highest BCUT2D eigenvalue weighted by atomic mass is 16.1. The molecule has 19 heavy (non-hydrogen) atoms. The number of carbonyl (C=O) groups is 1. The van der Waals surface area contributed by atoms with E-state index < -0.39 is 0 Å². The molecule has 0 spiro atoms. The second-order valence-corrected chi connectivity index (χ2v) is 5.44. The van der Waals surface area contributed by atoms with Crippen LogP contribution in [-0.4, -0.2) is 15.3 Å². The molecule has 3 nitrogen and oxygen atoms in total. The number of ketones is 1. The van der Waals surface area contributed by atoms with Gasteiger partial charge in [0.05, 0.1) is 12.9 Å². The topological polar surface area (TPSA) is 34.9 Å². The lowest BCUT2D eigenvalue weighted by Gasteiger charge is -2.25. The van der Waals surface area contributed by atoms with E-state index in [9.17, 15) is 4.79 Å². The molecule has 2 rings (SSSR count). The summed E-state index contributed by atoms with van der Waals surface area (Å²) < 4.78 is 1.85. The Balaban J connectivity index is 0.000000861. The average Bonchev–Trinajstić information content (AvgIpc) is 2.93. The van der Waals surface area contributed by atoms with E-state index in [1.807, 2.05) is 24.6 Å². The molecular formula is C16H28N2O. The van der Waals surface area contributed by atoms with E-state index >= 15 is 0 Å². The van der Waals surface area contributed by atoms with Crippen LogP contribution in [0.15, 0.2) is 18.7 Å². The summed E-state index contributed by atoms with van der Waals surface area (Å²) in [5.41, 5.74) is 0. The molecule has 1 fully saturated rings. The fraction of sp³-hybridized carbons (Fsp3) is 0.750. The minimum atomic E-state index is 0.335. The van der Waals surface area contributed by atoms with E-state index in [0.29, 0.717) is 12.3 Å². The molecule has 0 saturated heterocycles. The molecule has 3 heteroatoms. The first-order valence-electron chi connectivity index (χ1n) is 7.71. The third-order valence-electron chi connectivity index (χ3n) is 3.88. The van der Waals surface area contributed by atoms with E-state index in [2.05, 4.69) is 11.9 Å². The Morgan fingerprint density at radius 2 is 1.95 bits per heavy atom. The summed E-state index contributed by atoms with van der Waals surface area (Å²) in [7, 11) is 0. The number of nitrogens with zero attached hydrogens (tertiary/aromatic N) is 2. The molecule has 1 heterocycles. The van der Waals surface area contributed by atoms with Crippen molar-refractivity contribution in [2.75, 3.05) is 0 Å². The fourth-order valence-corrected chi connectivity index (χ4v) is 2.65. The van der Waals surface area contributed by atoms with Crippen LogP contribution in [0.25, 0.3) is 0 Å². The molecule has 0 N–H and O–H groups in total. The van der Waals surface area contributed by atoms with Crippen LogP contribution in [0.1, 0.15) is 59.3 Å². The Bertz CT molecular complexity index is 338. The Hall–Kier alpha value is -1.12. The van der Waals surface area contributed by atoms with Crippen molar-refractivity contribution < 1.29 is 4.79 Å². The first kappa shape index (κ1) is 15.9. The van der Waals surface area contributed by atoms with Crippen molar-refractivity contribution in [1.29, 1.82) is 0 Å². The number of carbonyl (C=O) groups excluding carboxylic acids is 1.